The zero-order chi connectivity index (χ0) is 16.7. The molecule has 0 spiro atoms. The molecule has 0 saturated carbocycles. The number of rotatable bonds is 10. The summed E-state index contributed by atoms with van der Waals surface area (Å²) < 4.78 is 6.85. The molecule has 0 aromatic heterocycles. The third-order valence-electron chi connectivity index (χ3n) is 6.02. The Bertz CT molecular complexity index is 468. The monoisotopic (exact) mass is 390 g/mol. The SMILES string of the molecule is CCCCC1=[C]([Zr]([CH2]C)([CH2]C)[C]2=C(CCCC)C=CC2)CC=C1. The Morgan fingerprint density at radius 1 is 0.739 bits per heavy atom. The second kappa shape index (κ2) is 9.36. The van der Waals surface area contributed by atoms with Crippen LogP contribution in [0.5, 0.6) is 0 Å². The summed E-state index contributed by atoms with van der Waals surface area (Å²) in [4.78, 5) is 0. The van der Waals surface area contributed by atoms with E-state index < -0.39 is 20.3 Å². The van der Waals surface area contributed by atoms with E-state index in [0.29, 0.717) is 0 Å². The summed E-state index contributed by atoms with van der Waals surface area (Å²) in [6.45, 7) is 9.65. The summed E-state index contributed by atoms with van der Waals surface area (Å²) in [6.07, 6.45) is 20.5. The molecule has 0 N–H and O–H groups in total. The first kappa shape index (κ1) is 19.2. The van der Waals surface area contributed by atoms with Gasteiger partial charge in [-0.1, -0.05) is 0 Å². The predicted octanol–water partition coefficient (Wildman–Crippen LogP) is 7.83. The third-order valence-corrected chi connectivity index (χ3v) is 20.2. The average molecular weight is 392 g/mol. The molecule has 0 bridgehead atoms. The summed E-state index contributed by atoms with van der Waals surface area (Å²) in [7, 11) is 0. The Labute approximate surface area is 149 Å². The Morgan fingerprint density at radius 3 is 1.52 bits per heavy atom. The summed E-state index contributed by atoms with van der Waals surface area (Å²) in [6, 6.07) is 0. The molecular weight excluding hydrogens is 355 g/mol. The van der Waals surface area contributed by atoms with Crippen LogP contribution in [0.2, 0.25) is 8.26 Å². The standard InChI is InChI=1S/2C9H13.2C2H5.Zr/c2*1-2-3-6-9-7-4-5-8-9;2*1-2;/h2*4,7H,2-3,5-6H2,1H3;2*1H2,2H3;. The summed E-state index contributed by atoms with van der Waals surface area (Å²) in [5.74, 6) is 0. The zero-order valence-corrected chi connectivity index (χ0v) is 18.3. The molecule has 0 amide bonds. The van der Waals surface area contributed by atoms with Crippen molar-refractivity contribution in [1.29, 1.82) is 0 Å². The Balaban J connectivity index is 2.39. The number of allylic oxidation sites excluding steroid dienone is 8. The van der Waals surface area contributed by atoms with Gasteiger partial charge in [-0.2, -0.15) is 0 Å². The molecule has 1 heteroatoms. The quantitative estimate of drug-likeness (QED) is 0.356. The Morgan fingerprint density at radius 2 is 1.17 bits per heavy atom. The van der Waals surface area contributed by atoms with Crippen LogP contribution in [0.4, 0.5) is 0 Å². The van der Waals surface area contributed by atoms with Crippen molar-refractivity contribution in [1.82, 2.24) is 0 Å². The third kappa shape index (κ3) is 4.09. The number of hydrogen-bond acceptors (Lipinski definition) is 0. The normalized spacial score (nSPS) is 17.9. The van der Waals surface area contributed by atoms with Crippen LogP contribution in [0.25, 0.3) is 0 Å². The van der Waals surface area contributed by atoms with Gasteiger partial charge >= 0.3 is 150 Å². The molecule has 0 aliphatic heterocycles. The first-order valence-electron chi connectivity index (χ1n) is 10.0. The van der Waals surface area contributed by atoms with Gasteiger partial charge in [0.2, 0.25) is 0 Å². The molecular formula is C22H36Zr. The van der Waals surface area contributed by atoms with E-state index in [1.54, 1.807) is 11.1 Å². The van der Waals surface area contributed by atoms with E-state index >= 15 is 0 Å². The van der Waals surface area contributed by atoms with Crippen LogP contribution in [0.15, 0.2) is 42.0 Å². The molecule has 0 radical (unpaired) electrons. The molecule has 0 aromatic carbocycles. The number of unbranched alkanes of at least 4 members (excludes halogenated alkanes) is 2. The Kier molecular flexibility index (Phi) is 7.80. The topological polar surface area (TPSA) is 0 Å². The van der Waals surface area contributed by atoms with Crippen molar-refractivity contribution in [2.75, 3.05) is 0 Å². The van der Waals surface area contributed by atoms with E-state index in [2.05, 4.69) is 52.0 Å². The molecule has 0 saturated heterocycles. The van der Waals surface area contributed by atoms with Gasteiger partial charge in [-0.05, 0) is 0 Å². The molecule has 23 heavy (non-hydrogen) atoms. The fraction of sp³-hybridized carbons (Fsp3) is 0.636. The number of hydrogen-bond donors (Lipinski definition) is 0. The fourth-order valence-electron chi connectivity index (χ4n) is 4.60. The fourth-order valence-corrected chi connectivity index (χ4v) is 17.5. The van der Waals surface area contributed by atoms with Gasteiger partial charge in [-0.3, -0.25) is 0 Å². The molecule has 0 aromatic rings. The van der Waals surface area contributed by atoms with Crippen LogP contribution >= 0.6 is 0 Å². The first-order valence-corrected chi connectivity index (χ1v) is 15.9. The van der Waals surface area contributed by atoms with Gasteiger partial charge in [-0.15, -0.1) is 0 Å². The molecule has 0 fully saturated rings. The first-order chi connectivity index (χ1) is 11.2. The van der Waals surface area contributed by atoms with Crippen molar-refractivity contribution in [2.24, 2.45) is 0 Å². The van der Waals surface area contributed by atoms with Crippen molar-refractivity contribution in [3.63, 3.8) is 0 Å². The van der Waals surface area contributed by atoms with Gasteiger partial charge in [0.15, 0.2) is 0 Å². The molecule has 2 aliphatic carbocycles. The van der Waals surface area contributed by atoms with Crippen LogP contribution in [-0.2, 0) is 20.3 Å². The molecule has 0 atom stereocenters. The van der Waals surface area contributed by atoms with E-state index in [9.17, 15) is 0 Å². The van der Waals surface area contributed by atoms with E-state index in [0.717, 1.165) is 0 Å². The van der Waals surface area contributed by atoms with Gasteiger partial charge in [0.25, 0.3) is 0 Å². The molecule has 2 rings (SSSR count). The Hall–Kier alpha value is -0.157. The van der Waals surface area contributed by atoms with Crippen LogP contribution in [0, 0.1) is 0 Å². The summed E-state index contributed by atoms with van der Waals surface area (Å²) in [5, 5.41) is 0. The van der Waals surface area contributed by atoms with E-state index in [1.807, 2.05) is 6.56 Å². The van der Waals surface area contributed by atoms with Crippen molar-refractivity contribution < 1.29 is 20.3 Å². The second-order valence-corrected chi connectivity index (χ2v) is 19.0. The molecule has 0 nitrogen and oxygen atoms in total. The molecule has 0 heterocycles. The minimum absolute atomic E-state index is 1.28. The maximum absolute atomic E-state index is 2.51. The van der Waals surface area contributed by atoms with Crippen molar-refractivity contribution in [3.8, 4) is 0 Å². The minimum atomic E-state index is -2.38. The molecule has 128 valence electrons. The van der Waals surface area contributed by atoms with Gasteiger partial charge in [0, 0.05) is 0 Å². The van der Waals surface area contributed by atoms with Gasteiger partial charge in [0.05, 0.1) is 0 Å². The zero-order valence-electron chi connectivity index (χ0n) is 15.9. The van der Waals surface area contributed by atoms with Crippen LogP contribution in [0.3, 0.4) is 0 Å². The van der Waals surface area contributed by atoms with E-state index in [1.165, 1.54) is 59.6 Å². The van der Waals surface area contributed by atoms with E-state index in [4.69, 9.17) is 0 Å². The predicted molar refractivity (Wildman–Crippen MR) is 102 cm³/mol. The van der Waals surface area contributed by atoms with Crippen LogP contribution in [-0.4, -0.2) is 0 Å². The van der Waals surface area contributed by atoms with Crippen molar-refractivity contribution >= 4 is 0 Å². The molecule has 0 unspecified atom stereocenters. The summed E-state index contributed by atoms with van der Waals surface area (Å²) in [5.41, 5.74) is 3.50. The van der Waals surface area contributed by atoms with Gasteiger partial charge in [0.1, 0.15) is 0 Å². The van der Waals surface area contributed by atoms with E-state index in [-0.39, 0.29) is 0 Å². The molecule has 2 aliphatic rings. The summed E-state index contributed by atoms with van der Waals surface area (Å²) >= 11 is -2.38. The average Bonchev–Trinajstić information content (AvgIpc) is 3.23. The van der Waals surface area contributed by atoms with Crippen LogP contribution < -0.4 is 0 Å². The van der Waals surface area contributed by atoms with Crippen molar-refractivity contribution in [3.05, 3.63) is 42.0 Å². The van der Waals surface area contributed by atoms with Crippen LogP contribution in [0.1, 0.15) is 79.1 Å². The van der Waals surface area contributed by atoms with Crippen molar-refractivity contribution in [2.45, 2.75) is 87.3 Å². The second-order valence-electron chi connectivity index (χ2n) is 7.22. The maximum atomic E-state index is 2.51. The van der Waals surface area contributed by atoms with Gasteiger partial charge < -0.3 is 0 Å². The van der Waals surface area contributed by atoms with Gasteiger partial charge in [-0.25, -0.2) is 0 Å².